The van der Waals surface area contributed by atoms with Crippen LogP contribution in [0.15, 0.2) is 48.5 Å². The normalized spacial score (nSPS) is 11.1. The van der Waals surface area contributed by atoms with Crippen LogP contribution in [0.3, 0.4) is 0 Å². The number of carbonyl (C=O) groups excluding carboxylic acids is 1. The fourth-order valence-corrected chi connectivity index (χ4v) is 2.19. The molecule has 2 heteroatoms. The molecule has 0 aliphatic heterocycles. The molecule has 0 aliphatic rings. The maximum atomic E-state index is 11.4. The highest BCUT2D eigenvalue weighted by atomic mass is 32.2. The van der Waals surface area contributed by atoms with Crippen LogP contribution in [-0.4, -0.2) is 10.9 Å². The Labute approximate surface area is 106 Å². The van der Waals surface area contributed by atoms with Crippen LogP contribution >= 0.6 is 11.8 Å². The van der Waals surface area contributed by atoms with E-state index in [0.29, 0.717) is 0 Å². The van der Waals surface area contributed by atoms with Gasteiger partial charge in [-0.3, -0.25) is 4.79 Å². The second-order valence-corrected chi connectivity index (χ2v) is 4.92. The smallest absolute Gasteiger partial charge is 0.212 e. The molecule has 0 fully saturated rings. The highest BCUT2D eigenvalue weighted by Crippen LogP contribution is 2.19. The summed E-state index contributed by atoms with van der Waals surface area (Å²) in [5.74, 6) is 0.818. The van der Waals surface area contributed by atoms with Crippen LogP contribution in [0.25, 0.3) is 16.8 Å². The molecule has 0 amide bonds. The first-order valence-electron chi connectivity index (χ1n) is 5.64. The lowest BCUT2D eigenvalue weighted by Crippen LogP contribution is -1.85. The summed E-state index contributed by atoms with van der Waals surface area (Å²) >= 11 is 1.33. The molecule has 0 saturated heterocycles. The second kappa shape index (κ2) is 5.69. The van der Waals surface area contributed by atoms with Crippen molar-refractivity contribution in [2.24, 2.45) is 0 Å². The van der Waals surface area contributed by atoms with Crippen LogP contribution in [0.1, 0.15) is 12.5 Å². The maximum Gasteiger partial charge on any atom is 0.212 e. The van der Waals surface area contributed by atoms with Gasteiger partial charge in [0.15, 0.2) is 0 Å². The quantitative estimate of drug-likeness (QED) is 0.753. The van der Waals surface area contributed by atoms with E-state index in [-0.39, 0.29) is 5.12 Å². The van der Waals surface area contributed by atoms with Crippen LogP contribution in [0, 0.1) is 0 Å². The molecule has 0 N–H and O–H groups in total. The summed E-state index contributed by atoms with van der Waals surface area (Å²) in [4.78, 5) is 11.4. The van der Waals surface area contributed by atoms with Gasteiger partial charge in [-0.1, -0.05) is 61.2 Å². The van der Waals surface area contributed by atoms with E-state index in [2.05, 4.69) is 18.2 Å². The first kappa shape index (κ1) is 11.9. The molecule has 86 valence electrons. The SMILES string of the molecule is CCSC(=O)/C=C/c1cccc2ccccc12. The summed E-state index contributed by atoms with van der Waals surface area (Å²) in [7, 11) is 0. The third kappa shape index (κ3) is 2.98. The van der Waals surface area contributed by atoms with E-state index in [1.807, 2.05) is 37.3 Å². The highest BCUT2D eigenvalue weighted by Gasteiger charge is 1.98. The van der Waals surface area contributed by atoms with Crippen molar-refractivity contribution in [3.05, 3.63) is 54.1 Å². The molecule has 0 radical (unpaired) electrons. The molecule has 1 nitrogen and oxygen atoms in total. The molecule has 0 saturated carbocycles. The van der Waals surface area contributed by atoms with E-state index < -0.39 is 0 Å². The van der Waals surface area contributed by atoms with Crippen molar-refractivity contribution in [1.82, 2.24) is 0 Å². The maximum absolute atomic E-state index is 11.4. The van der Waals surface area contributed by atoms with Crippen molar-refractivity contribution in [3.63, 3.8) is 0 Å². The van der Waals surface area contributed by atoms with Gasteiger partial charge in [0.25, 0.3) is 0 Å². The molecule has 0 spiro atoms. The second-order valence-electron chi connectivity index (χ2n) is 3.65. The largest absolute Gasteiger partial charge is 0.282 e. The Morgan fingerprint density at radius 2 is 1.94 bits per heavy atom. The summed E-state index contributed by atoms with van der Waals surface area (Å²) < 4.78 is 0. The number of carbonyl (C=O) groups is 1. The zero-order chi connectivity index (χ0) is 12.1. The number of benzene rings is 2. The third-order valence-corrected chi connectivity index (χ3v) is 3.22. The van der Waals surface area contributed by atoms with Crippen LogP contribution < -0.4 is 0 Å². The van der Waals surface area contributed by atoms with Crippen LogP contribution in [0.5, 0.6) is 0 Å². The molecule has 0 unspecified atom stereocenters. The van der Waals surface area contributed by atoms with Crippen molar-refractivity contribution in [2.45, 2.75) is 6.92 Å². The molecular weight excluding hydrogens is 228 g/mol. The Kier molecular flexibility index (Phi) is 3.99. The Balaban J connectivity index is 2.33. The number of thioether (sulfide) groups is 1. The Bertz CT molecular complexity index is 552. The standard InChI is InChI=1S/C15H14OS/c1-2-17-15(16)11-10-13-8-5-7-12-6-3-4-9-14(12)13/h3-11H,2H2,1H3/b11-10+. The Morgan fingerprint density at radius 3 is 2.76 bits per heavy atom. The van der Waals surface area contributed by atoms with Gasteiger partial charge in [-0.05, 0) is 34.2 Å². The molecule has 17 heavy (non-hydrogen) atoms. The fraction of sp³-hybridized carbons (Fsp3) is 0.133. The van der Waals surface area contributed by atoms with Crippen LogP contribution in [0.2, 0.25) is 0 Å². The van der Waals surface area contributed by atoms with Crippen molar-refractivity contribution in [3.8, 4) is 0 Å². The van der Waals surface area contributed by atoms with Gasteiger partial charge in [-0.25, -0.2) is 0 Å². The number of fused-ring (bicyclic) bond motifs is 1. The predicted octanol–water partition coefficient (Wildman–Crippen LogP) is 4.13. The van der Waals surface area contributed by atoms with E-state index in [0.717, 1.165) is 11.3 Å². The van der Waals surface area contributed by atoms with Crippen molar-refractivity contribution in [2.75, 3.05) is 5.75 Å². The fourth-order valence-electron chi connectivity index (χ4n) is 1.74. The summed E-state index contributed by atoms with van der Waals surface area (Å²) in [5.41, 5.74) is 1.09. The average molecular weight is 242 g/mol. The summed E-state index contributed by atoms with van der Waals surface area (Å²) in [6, 6.07) is 14.3. The van der Waals surface area contributed by atoms with E-state index >= 15 is 0 Å². The van der Waals surface area contributed by atoms with Crippen LogP contribution in [-0.2, 0) is 4.79 Å². The summed E-state index contributed by atoms with van der Waals surface area (Å²) in [6.07, 6.45) is 3.54. The van der Waals surface area contributed by atoms with Gasteiger partial charge < -0.3 is 0 Å². The molecule has 0 heterocycles. The minimum Gasteiger partial charge on any atom is -0.282 e. The molecule has 0 aliphatic carbocycles. The number of hydrogen-bond donors (Lipinski definition) is 0. The molecule has 0 atom stereocenters. The van der Waals surface area contributed by atoms with Gasteiger partial charge in [-0.2, -0.15) is 0 Å². The Morgan fingerprint density at radius 1 is 1.18 bits per heavy atom. The molecule has 2 aromatic carbocycles. The highest BCUT2D eigenvalue weighted by molar-refractivity contribution is 8.14. The molecule has 2 aromatic rings. The lowest BCUT2D eigenvalue weighted by molar-refractivity contribution is -0.106. The number of hydrogen-bond acceptors (Lipinski definition) is 2. The van der Waals surface area contributed by atoms with E-state index in [1.54, 1.807) is 6.08 Å². The van der Waals surface area contributed by atoms with Gasteiger partial charge >= 0.3 is 0 Å². The predicted molar refractivity (Wildman–Crippen MR) is 76.1 cm³/mol. The van der Waals surface area contributed by atoms with Crippen LogP contribution in [0.4, 0.5) is 0 Å². The minimum atomic E-state index is 0.112. The summed E-state index contributed by atoms with van der Waals surface area (Å²) in [6.45, 7) is 1.98. The van der Waals surface area contributed by atoms with Crippen molar-refractivity contribution in [1.29, 1.82) is 0 Å². The van der Waals surface area contributed by atoms with E-state index in [1.165, 1.54) is 22.5 Å². The van der Waals surface area contributed by atoms with Crippen molar-refractivity contribution < 1.29 is 4.79 Å². The van der Waals surface area contributed by atoms with E-state index in [4.69, 9.17) is 0 Å². The molecular formula is C15H14OS. The van der Waals surface area contributed by atoms with Gasteiger partial charge in [0.05, 0.1) is 0 Å². The van der Waals surface area contributed by atoms with E-state index in [9.17, 15) is 4.79 Å². The van der Waals surface area contributed by atoms with Gasteiger partial charge in [0.2, 0.25) is 5.12 Å². The van der Waals surface area contributed by atoms with Crippen molar-refractivity contribution >= 4 is 33.7 Å². The Hall–Kier alpha value is -1.54. The zero-order valence-electron chi connectivity index (χ0n) is 9.72. The summed E-state index contributed by atoms with van der Waals surface area (Å²) in [5, 5.41) is 2.49. The van der Waals surface area contributed by atoms with Gasteiger partial charge in [-0.15, -0.1) is 0 Å². The van der Waals surface area contributed by atoms with Gasteiger partial charge in [0.1, 0.15) is 0 Å². The molecule has 2 rings (SSSR count). The first-order valence-corrected chi connectivity index (χ1v) is 6.62. The monoisotopic (exact) mass is 242 g/mol. The molecule has 0 aromatic heterocycles. The third-order valence-electron chi connectivity index (χ3n) is 2.51. The molecule has 0 bridgehead atoms. The topological polar surface area (TPSA) is 17.1 Å². The lowest BCUT2D eigenvalue weighted by Gasteiger charge is -2.01. The minimum absolute atomic E-state index is 0.112. The van der Waals surface area contributed by atoms with Gasteiger partial charge in [0, 0.05) is 0 Å². The lowest BCUT2D eigenvalue weighted by atomic mass is 10.0. The average Bonchev–Trinajstić information content (AvgIpc) is 2.36. The zero-order valence-corrected chi connectivity index (χ0v) is 10.5. The number of rotatable bonds is 3. The first-order chi connectivity index (χ1) is 8.31.